The van der Waals surface area contributed by atoms with Crippen molar-refractivity contribution in [1.29, 1.82) is 0 Å². The molecule has 2 aliphatic rings. The van der Waals surface area contributed by atoms with E-state index in [1.165, 1.54) is 26.2 Å². The van der Waals surface area contributed by atoms with E-state index in [-0.39, 0.29) is 23.1 Å². The SMILES string of the molecule is C=NCCNOC1(c2cc(/N=N\C(C(C)=O)C(=O)Nc3cc(CO)c(Cl)cc3OC)cc(C3(ONCCN=C)CCCCC3)c2)CCCCC1. The number of hydrogen-bond donors (Lipinski definition) is 4. The molecule has 50 heavy (non-hydrogen) atoms. The first-order valence-corrected chi connectivity index (χ1v) is 17.6. The Morgan fingerprint density at radius 1 is 0.880 bits per heavy atom. The van der Waals surface area contributed by atoms with Crippen LogP contribution >= 0.6 is 11.6 Å². The predicted octanol–water partition coefficient (Wildman–Crippen LogP) is 6.28. The van der Waals surface area contributed by atoms with Crippen molar-refractivity contribution in [3.8, 4) is 5.75 Å². The number of hydroxylamine groups is 2. The minimum Gasteiger partial charge on any atom is -0.495 e. The lowest BCUT2D eigenvalue weighted by Gasteiger charge is -2.40. The third-order valence-electron chi connectivity index (χ3n) is 9.29. The topological polar surface area (TPSA) is 168 Å². The molecule has 272 valence electrons. The fraction of sp³-hybridized carbons (Fsp3) is 0.556. The number of ether oxygens (including phenoxy) is 1. The van der Waals surface area contributed by atoms with E-state index in [1.54, 1.807) is 0 Å². The molecule has 14 heteroatoms. The fourth-order valence-electron chi connectivity index (χ4n) is 6.60. The van der Waals surface area contributed by atoms with Crippen molar-refractivity contribution >= 4 is 48.1 Å². The molecule has 0 bridgehead atoms. The number of carbonyl (C=O) groups excluding carboxylic acids is 2. The van der Waals surface area contributed by atoms with Gasteiger partial charge in [-0.05, 0) is 87.0 Å². The van der Waals surface area contributed by atoms with Crippen LogP contribution in [-0.4, -0.2) is 69.6 Å². The van der Waals surface area contributed by atoms with Gasteiger partial charge >= 0.3 is 0 Å². The Labute approximate surface area is 299 Å². The standard InChI is InChI=1S/C36H50ClN7O6/c1-25(46)33(34(47)42-31-19-26(24-45)30(37)23-32(31)48-4)44-43-29-21-27(35(11-7-5-8-12-35)49-40-17-15-38-2)20-28(22-29)36(13-9-6-10-14-36)50-41-18-16-39-3/h19-23,33,40-41,45H,2-3,5-18,24H2,1,4H3,(H,42,47)/b44-43-. The van der Waals surface area contributed by atoms with Crippen LogP contribution in [-0.2, 0) is 37.1 Å². The first-order valence-electron chi connectivity index (χ1n) is 17.2. The third kappa shape index (κ3) is 10.0. The number of amides is 1. The smallest absolute Gasteiger partial charge is 0.258 e. The Kier molecular flexibility index (Phi) is 15.0. The summed E-state index contributed by atoms with van der Waals surface area (Å²) in [5.41, 5.74) is 7.84. The van der Waals surface area contributed by atoms with E-state index in [0.717, 1.165) is 75.3 Å². The number of nitrogens with one attached hydrogen (secondary N) is 3. The van der Waals surface area contributed by atoms with Crippen molar-refractivity contribution in [2.75, 3.05) is 38.6 Å². The normalized spacial score (nSPS) is 17.6. The highest BCUT2D eigenvalue weighted by Crippen LogP contribution is 2.46. The van der Waals surface area contributed by atoms with E-state index >= 15 is 0 Å². The molecule has 0 radical (unpaired) electrons. The number of aliphatic hydroxyl groups is 1. The van der Waals surface area contributed by atoms with Crippen molar-refractivity contribution in [3.05, 3.63) is 52.0 Å². The van der Waals surface area contributed by atoms with E-state index in [0.29, 0.717) is 37.4 Å². The number of azo groups is 1. The van der Waals surface area contributed by atoms with Gasteiger partial charge in [0.2, 0.25) is 6.04 Å². The summed E-state index contributed by atoms with van der Waals surface area (Å²) in [6, 6.07) is 7.51. The summed E-state index contributed by atoms with van der Waals surface area (Å²) in [6.07, 6.45) is 9.30. The molecule has 0 spiro atoms. The van der Waals surface area contributed by atoms with Crippen LogP contribution in [0.25, 0.3) is 0 Å². The number of aliphatic imine (C=N–C) groups is 2. The third-order valence-corrected chi connectivity index (χ3v) is 9.64. The van der Waals surface area contributed by atoms with Gasteiger partial charge in [-0.2, -0.15) is 21.2 Å². The molecular weight excluding hydrogens is 662 g/mol. The lowest BCUT2D eigenvalue weighted by Crippen LogP contribution is -2.40. The second kappa shape index (κ2) is 19.1. The summed E-state index contributed by atoms with van der Waals surface area (Å²) >= 11 is 6.21. The number of aliphatic hydroxyl groups excluding tert-OH is 1. The largest absolute Gasteiger partial charge is 0.495 e. The average Bonchev–Trinajstić information content (AvgIpc) is 3.13. The molecule has 1 atom stereocenters. The van der Waals surface area contributed by atoms with Crippen molar-refractivity contribution in [2.24, 2.45) is 20.2 Å². The summed E-state index contributed by atoms with van der Waals surface area (Å²) in [5, 5.41) is 21.5. The average molecular weight is 712 g/mol. The van der Waals surface area contributed by atoms with Gasteiger partial charge in [0.1, 0.15) is 17.0 Å². The summed E-state index contributed by atoms with van der Waals surface area (Å²) in [7, 11) is 1.43. The molecule has 4 N–H and O–H groups in total. The lowest BCUT2D eigenvalue weighted by molar-refractivity contribution is -0.135. The fourth-order valence-corrected chi connectivity index (χ4v) is 6.81. The van der Waals surface area contributed by atoms with E-state index in [9.17, 15) is 14.7 Å². The maximum Gasteiger partial charge on any atom is 0.258 e. The number of nitrogens with zero attached hydrogens (tertiary/aromatic N) is 4. The van der Waals surface area contributed by atoms with Gasteiger partial charge in [0.25, 0.3) is 5.91 Å². The Hall–Kier alpha value is -3.59. The van der Waals surface area contributed by atoms with Gasteiger partial charge in [-0.15, -0.1) is 0 Å². The van der Waals surface area contributed by atoms with Gasteiger partial charge in [-0.1, -0.05) is 50.1 Å². The number of ketones is 1. The molecule has 1 amide bonds. The number of rotatable bonds is 19. The highest BCUT2D eigenvalue weighted by Gasteiger charge is 2.40. The number of halogens is 1. The minimum absolute atomic E-state index is 0.239. The van der Waals surface area contributed by atoms with Gasteiger partial charge in [-0.3, -0.25) is 29.2 Å². The molecule has 0 aliphatic heterocycles. The molecule has 0 heterocycles. The van der Waals surface area contributed by atoms with E-state index in [2.05, 4.69) is 56.0 Å². The van der Waals surface area contributed by atoms with Crippen molar-refractivity contribution in [2.45, 2.75) is 95.0 Å². The van der Waals surface area contributed by atoms with Gasteiger partial charge < -0.3 is 15.2 Å². The quantitative estimate of drug-likeness (QED) is 0.0434. The second-order valence-corrected chi connectivity index (χ2v) is 13.2. The summed E-state index contributed by atoms with van der Waals surface area (Å²) in [5.74, 6) is -0.943. The predicted molar refractivity (Wildman–Crippen MR) is 195 cm³/mol. The number of benzene rings is 2. The molecule has 0 aromatic heterocycles. The first kappa shape index (κ1) is 39.2. The highest BCUT2D eigenvalue weighted by atomic mass is 35.5. The molecule has 2 aliphatic carbocycles. The zero-order valence-electron chi connectivity index (χ0n) is 29.1. The first-order chi connectivity index (χ1) is 24.2. The molecular formula is C36H50ClN7O6. The Balaban J connectivity index is 1.75. The lowest BCUT2D eigenvalue weighted by atomic mass is 9.75. The number of carbonyl (C=O) groups is 2. The van der Waals surface area contributed by atoms with Crippen molar-refractivity contribution in [1.82, 2.24) is 11.0 Å². The van der Waals surface area contributed by atoms with Crippen LogP contribution in [0.1, 0.15) is 87.8 Å². The van der Waals surface area contributed by atoms with E-state index in [1.807, 2.05) is 12.1 Å². The monoisotopic (exact) mass is 711 g/mol. The Bertz CT molecular complexity index is 1450. The van der Waals surface area contributed by atoms with Crippen LogP contribution in [0.4, 0.5) is 11.4 Å². The van der Waals surface area contributed by atoms with Crippen LogP contribution in [0, 0.1) is 0 Å². The van der Waals surface area contributed by atoms with E-state index < -0.39 is 28.9 Å². The van der Waals surface area contributed by atoms with Gasteiger partial charge in [0.15, 0.2) is 5.78 Å². The number of Topliss-reactive ketones (excluding diaryl/α,β-unsaturated/α-hetero) is 1. The zero-order chi connectivity index (χ0) is 36.0. The zero-order valence-corrected chi connectivity index (χ0v) is 29.9. The molecule has 0 saturated heterocycles. The van der Waals surface area contributed by atoms with Crippen LogP contribution in [0.2, 0.25) is 5.02 Å². The maximum atomic E-state index is 13.5. The van der Waals surface area contributed by atoms with E-state index in [4.69, 9.17) is 26.0 Å². The van der Waals surface area contributed by atoms with Gasteiger partial charge in [0, 0.05) is 24.2 Å². The van der Waals surface area contributed by atoms with Crippen LogP contribution in [0.5, 0.6) is 5.75 Å². The number of methoxy groups -OCH3 is 1. The second-order valence-electron chi connectivity index (χ2n) is 12.8. The molecule has 2 fully saturated rings. The molecule has 4 rings (SSSR count). The Morgan fingerprint density at radius 2 is 1.42 bits per heavy atom. The molecule has 2 saturated carbocycles. The summed E-state index contributed by atoms with van der Waals surface area (Å²) in [6.45, 7) is 10.1. The summed E-state index contributed by atoms with van der Waals surface area (Å²) < 4.78 is 5.37. The van der Waals surface area contributed by atoms with Crippen LogP contribution in [0.3, 0.4) is 0 Å². The molecule has 13 nitrogen and oxygen atoms in total. The molecule has 2 aromatic carbocycles. The minimum atomic E-state index is -1.46. The van der Waals surface area contributed by atoms with Crippen LogP contribution in [0.15, 0.2) is 50.5 Å². The molecule has 2 aromatic rings. The maximum absolute atomic E-state index is 13.5. The molecule has 1 unspecified atom stereocenters. The van der Waals surface area contributed by atoms with Gasteiger partial charge in [-0.25, -0.2) is 0 Å². The van der Waals surface area contributed by atoms with Gasteiger partial charge in [0.05, 0.1) is 38.2 Å². The van der Waals surface area contributed by atoms with Crippen molar-refractivity contribution < 1.29 is 29.1 Å². The Morgan fingerprint density at radius 3 is 1.88 bits per heavy atom. The number of anilines is 1. The number of hydrogen-bond acceptors (Lipinski definition) is 12. The van der Waals surface area contributed by atoms with Crippen LogP contribution < -0.4 is 21.0 Å². The van der Waals surface area contributed by atoms with Crippen molar-refractivity contribution in [3.63, 3.8) is 0 Å². The summed E-state index contributed by atoms with van der Waals surface area (Å²) in [4.78, 5) is 47.1. The highest BCUT2D eigenvalue weighted by molar-refractivity contribution is 6.31.